The Kier molecular flexibility index (Phi) is 7.00. The number of aliphatic hydroxyl groups is 1. The number of aliphatic hydroxyl groups excluding tert-OH is 1. The zero-order valence-electron chi connectivity index (χ0n) is 16.7. The molecular formula is C25H23NO4. The van der Waals surface area contributed by atoms with E-state index in [1.54, 1.807) is 12.1 Å². The van der Waals surface area contributed by atoms with Gasteiger partial charge >= 0.3 is 5.97 Å². The van der Waals surface area contributed by atoms with Crippen LogP contribution < -0.4 is 4.90 Å². The number of esters is 1. The highest BCUT2D eigenvalue weighted by molar-refractivity contribution is 6.39. The van der Waals surface area contributed by atoms with Crippen LogP contribution in [0.4, 0.5) is 5.69 Å². The van der Waals surface area contributed by atoms with Crippen LogP contribution in [0.1, 0.15) is 16.7 Å². The summed E-state index contributed by atoms with van der Waals surface area (Å²) in [5.41, 5.74) is 3.78. The molecule has 3 aromatic carbocycles. The molecule has 152 valence electrons. The summed E-state index contributed by atoms with van der Waals surface area (Å²) in [6, 6.07) is 27.6. The highest BCUT2D eigenvalue weighted by atomic mass is 16.5. The van der Waals surface area contributed by atoms with Crippen molar-refractivity contribution in [1.82, 2.24) is 0 Å². The first-order valence-corrected chi connectivity index (χ1v) is 9.53. The van der Waals surface area contributed by atoms with Gasteiger partial charge in [-0.05, 0) is 35.4 Å². The molecule has 0 amide bonds. The Morgan fingerprint density at radius 1 is 0.833 bits per heavy atom. The first-order chi connectivity index (χ1) is 14.6. The molecule has 0 aliphatic heterocycles. The fourth-order valence-electron chi connectivity index (χ4n) is 3.06. The number of ketones is 1. The lowest BCUT2D eigenvalue weighted by Gasteiger charge is -2.25. The van der Waals surface area contributed by atoms with Crippen molar-refractivity contribution in [3.8, 4) is 0 Å². The Bertz CT molecular complexity index is 971. The van der Waals surface area contributed by atoms with Gasteiger partial charge in [-0.15, -0.1) is 0 Å². The lowest BCUT2D eigenvalue weighted by atomic mass is 10.1. The second kappa shape index (κ2) is 10.1. The molecule has 0 bridgehead atoms. The van der Waals surface area contributed by atoms with E-state index in [9.17, 15) is 14.7 Å². The van der Waals surface area contributed by atoms with Crippen molar-refractivity contribution in [2.45, 2.75) is 13.1 Å². The molecule has 0 fully saturated rings. The number of carbonyl (C=O) groups excluding carboxylic acids is 2. The van der Waals surface area contributed by atoms with Crippen molar-refractivity contribution in [2.24, 2.45) is 0 Å². The molecule has 0 aliphatic carbocycles. The van der Waals surface area contributed by atoms with E-state index in [1.165, 1.54) is 11.1 Å². The third kappa shape index (κ3) is 5.58. The fourth-order valence-corrected chi connectivity index (χ4v) is 3.06. The van der Waals surface area contributed by atoms with E-state index < -0.39 is 11.8 Å². The Hall–Kier alpha value is -3.86. The summed E-state index contributed by atoms with van der Waals surface area (Å²) in [6.07, 6.45) is 0.868. The Balaban J connectivity index is 1.83. The van der Waals surface area contributed by atoms with Crippen LogP contribution in [0.5, 0.6) is 0 Å². The standard InChI is InChI=1S/C25H23NO4/c1-30-25(29)24(28)16-23(27)21-12-14-22(15-13-21)26(17-19-8-4-2-5-9-19)18-20-10-6-3-7-11-20/h2-16,27H,17-18H2,1H3/b23-16-. The van der Waals surface area contributed by atoms with Crippen LogP contribution in [0.15, 0.2) is 91.0 Å². The average Bonchev–Trinajstić information content (AvgIpc) is 2.79. The zero-order chi connectivity index (χ0) is 21.3. The van der Waals surface area contributed by atoms with E-state index in [4.69, 9.17) is 0 Å². The van der Waals surface area contributed by atoms with Crippen molar-refractivity contribution in [3.63, 3.8) is 0 Å². The minimum Gasteiger partial charge on any atom is -0.507 e. The smallest absolute Gasteiger partial charge is 0.378 e. The molecule has 1 N–H and O–H groups in total. The van der Waals surface area contributed by atoms with Gasteiger partial charge in [0.25, 0.3) is 5.78 Å². The molecular weight excluding hydrogens is 378 g/mol. The van der Waals surface area contributed by atoms with Crippen molar-refractivity contribution >= 4 is 23.2 Å². The number of carbonyl (C=O) groups is 2. The number of methoxy groups -OCH3 is 1. The van der Waals surface area contributed by atoms with Crippen molar-refractivity contribution in [3.05, 3.63) is 108 Å². The van der Waals surface area contributed by atoms with Crippen molar-refractivity contribution in [2.75, 3.05) is 12.0 Å². The lowest BCUT2D eigenvalue weighted by Crippen LogP contribution is -2.22. The third-order valence-electron chi connectivity index (χ3n) is 4.62. The molecule has 0 radical (unpaired) electrons. The highest BCUT2D eigenvalue weighted by Gasteiger charge is 2.14. The van der Waals surface area contributed by atoms with E-state index >= 15 is 0 Å². The van der Waals surface area contributed by atoms with Crippen LogP contribution >= 0.6 is 0 Å². The Morgan fingerprint density at radius 3 is 1.80 bits per heavy atom. The minimum absolute atomic E-state index is 0.283. The minimum atomic E-state index is -1.02. The SMILES string of the molecule is COC(=O)C(=O)/C=C(\O)c1ccc(N(Cc2ccccc2)Cc2ccccc2)cc1. The number of hydrogen-bond acceptors (Lipinski definition) is 5. The van der Waals surface area contributed by atoms with E-state index in [2.05, 4.69) is 33.9 Å². The molecule has 0 saturated carbocycles. The summed E-state index contributed by atoms with van der Waals surface area (Å²) >= 11 is 0. The monoisotopic (exact) mass is 401 g/mol. The largest absolute Gasteiger partial charge is 0.507 e. The second-order valence-electron chi connectivity index (χ2n) is 6.76. The Labute approximate surface area is 175 Å². The van der Waals surface area contributed by atoms with Crippen LogP contribution in [0, 0.1) is 0 Å². The van der Waals surface area contributed by atoms with Gasteiger partial charge < -0.3 is 14.7 Å². The maximum absolute atomic E-state index is 11.6. The molecule has 0 heterocycles. The summed E-state index contributed by atoms with van der Waals surface area (Å²) in [5.74, 6) is -2.21. The normalized spacial score (nSPS) is 11.0. The Morgan fingerprint density at radius 2 is 1.33 bits per heavy atom. The first-order valence-electron chi connectivity index (χ1n) is 9.53. The maximum Gasteiger partial charge on any atom is 0.378 e. The maximum atomic E-state index is 11.6. The molecule has 5 nitrogen and oxygen atoms in total. The van der Waals surface area contributed by atoms with Gasteiger partial charge in [0.05, 0.1) is 7.11 Å². The number of rotatable bonds is 8. The molecule has 0 unspecified atom stereocenters. The highest BCUT2D eigenvalue weighted by Crippen LogP contribution is 2.23. The van der Waals surface area contributed by atoms with Crippen LogP contribution in [-0.2, 0) is 27.4 Å². The molecule has 0 aromatic heterocycles. The van der Waals surface area contributed by atoms with Gasteiger partial charge in [-0.2, -0.15) is 0 Å². The van der Waals surface area contributed by atoms with Gasteiger partial charge in [-0.25, -0.2) is 4.79 Å². The molecule has 0 saturated heterocycles. The number of anilines is 1. The fraction of sp³-hybridized carbons (Fsp3) is 0.120. The topological polar surface area (TPSA) is 66.8 Å². The van der Waals surface area contributed by atoms with Gasteiger partial charge in [0.15, 0.2) is 0 Å². The summed E-state index contributed by atoms with van der Waals surface area (Å²) in [7, 11) is 1.12. The lowest BCUT2D eigenvalue weighted by molar-refractivity contribution is -0.149. The van der Waals surface area contributed by atoms with Gasteiger partial charge in [0, 0.05) is 30.4 Å². The predicted octanol–water partition coefficient (Wildman–Crippen LogP) is 4.53. The molecule has 3 rings (SSSR count). The molecule has 30 heavy (non-hydrogen) atoms. The van der Waals surface area contributed by atoms with E-state index in [-0.39, 0.29) is 5.76 Å². The molecule has 0 atom stereocenters. The van der Waals surface area contributed by atoms with Crippen LogP contribution in [0.2, 0.25) is 0 Å². The zero-order valence-corrected chi connectivity index (χ0v) is 16.7. The van der Waals surface area contributed by atoms with Gasteiger partial charge in [-0.3, -0.25) is 4.79 Å². The number of ether oxygens (including phenoxy) is 1. The van der Waals surface area contributed by atoms with E-state index in [1.807, 2.05) is 48.5 Å². The summed E-state index contributed by atoms with van der Waals surface area (Å²) in [6.45, 7) is 1.44. The van der Waals surface area contributed by atoms with Crippen molar-refractivity contribution < 1.29 is 19.4 Å². The van der Waals surface area contributed by atoms with Gasteiger partial charge in [-0.1, -0.05) is 60.7 Å². The summed E-state index contributed by atoms with van der Waals surface area (Å²) in [5, 5.41) is 10.2. The van der Waals surface area contributed by atoms with Gasteiger partial charge in [0.2, 0.25) is 0 Å². The molecule has 0 spiro atoms. The second-order valence-corrected chi connectivity index (χ2v) is 6.76. The summed E-state index contributed by atoms with van der Waals surface area (Å²) < 4.78 is 4.36. The van der Waals surface area contributed by atoms with Crippen LogP contribution in [0.3, 0.4) is 0 Å². The number of benzene rings is 3. The third-order valence-corrected chi connectivity index (χ3v) is 4.62. The van der Waals surface area contributed by atoms with E-state index in [0.717, 1.165) is 32.0 Å². The average molecular weight is 401 g/mol. The van der Waals surface area contributed by atoms with Crippen molar-refractivity contribution in [1.29, 1.82) is 0 Å². The first kappa shape index (κ1) is 20.9. The van der Waals surface area contributed by atoms with E-state index in [0.29, 0.717) is 5.56 Å². The molecule has 3 aromatic rings. The molecule has 0 aliphatic rings. The number of hydrogen-bond donors (Lipinski definition) is 1. The quantitative estimate of drug-likeness (QED) is 0.260. The van der Waals surface area contributed by atoms with Gasteiger partial charge in [0.1, 0.15) is 5.76 Å². The predicted molar refractivity (Wildman–Crippen MR) is 117 cm³/mol. The van der Waals surface area contributed by atoms with Crippen LogP contribution in [0.25, 0.3) is 5.76 Å². The molecule has 5 heteroatoms. The van der Waals surface area contributed by atoms with Crippen LogP contribution in [-0.4, -0.2) is 24.0 Å². The number of nitrogens with zero attached hydrogens (tertiary/aromatic N) is 1. The summed E-state index contributed by atoms with van der Waals surface area (Å²) in [4.78, 5) is 25.1.